The third kappa shape index (κ3) is 2.76. The van der Waals surface area contributed by atoms with Gasteiger partial charge in [0.15, 0.2) is 10.8 Å². The van der Waals surface area contributed by atoms with Gasteiger partial charge in [-0.1, -0.05) is 11.3 Å². The summed E-state index contributed by atoms with van der Waals surface area (Å²) in [6.07, 6.45) is 8.96. The van der Waals surface area contributed by atoms with Gasteiger partial charge in [0.05, 0.1) is 5.52 Å². The van der Waals surface area contributed by atoms with Crippen molar-refractivity contribution in [3.8, 4) is 32.8 Å². The molecule has 0 radical (unpaired) electrons. The van der Waals surface area contributed by atoms with Gasteiger partial charge in [0, 0.05) is 49.0 Å². The SMILES string of the molecule is Cn1ccc2c(-c3ncccn3)nc(-c3nnc(-c4cccnc4)s3)cc21. The van der Waals surface area contributed by atoms with Crippen molar-refractivity contribution in [1.29, 1.82) is 0 Å². The molecular formula is C19H13N7S. The minimum atomic E-state index is 0.590. The number of hydrogen-bond acceptors (Lipinski definition) is 7. The summed E-state index contributed by atoms with van der Waals surface area (Å²) in [6, 6.07) is 9.69. The van der Waals surface area contributed by atoms with Gasteiger partial charge in [0.2, 0.25) is 0 Å². The fraction of sp³-hybridized carbons (Fsp3) is 0.0526. The zero-order valence-corrected chi connectivity index (χ0v) is 15.1. The monoisotopic (exact) mass is 371 g/mol. The number of fused-ring (bicyclic) bond motifs is 1. The zero-order chi connectivity index (χ0) is 18.2. The van der Waals surface area contributed by atoms with Crippen LogP contribution in [0.5, 0.6) is 0 Å². The minimum absolute atomic E-state index is 0.590. The van der Waals surface area contributed by atoms with Gasteiger partial charge in [-0.15, -0.1) is 10.2 Å². The van der Waals surface area contributed by atoms with Crippen LogP contribution in [0.25, 0.3) is 43.7 Å². The molecule has 5 heterocycles. The number of hydrogen-bond donors (Lipinski definition) is 0. The van der Waals surface area contributed by atoms with Crippen LogP contribution in [0.15, 0.2) is 61.3 Å². The Balaban J connectivity index is 1.68. The Bertz CT molecular complexity index is 1230. The van der Waals surface area contributed by atoms with Crippen LogP contribution in [0, 0.1) is 0 Å². The summed E-state index contributed by atoms with van der Waals surface area (Å²) < 4.78 is 2.05. The first-order chi connectivity index (χ1) is 13.3. The Labute approximate surface area is 158 Å². The maximum atomic E-state index is 4.82. The normalized spacial score (nSPS) is 11.1. The van der Waals surface area contributed by atoms with E-state index in [1.54, 1.807) is 30.9 Å². The maximum absolute atomic E-state index is 4.82. The van der Waals surface area contributed by atoms with Gasteiger partial charge >= 0.3 is 0 Å². The molecule has 0 bridgehead atoms. The number of aromatic nitrogens is 7. The highest BCUT2D eigenvalue weighted by atomic mass is 32.1. The predicted molar refractivity (Wildman–Crippen MR) is 104 cm³/mol. The van der Waals surface area contributed by atoms with Gasteiger partial charge in [-0.2, -0.15) is 0 Å². The van der Waals surface area contributed by atoms with E-state index in [-0.39, 0.29) is 0 Å². The van der Waals surface area contributed by atoms with E-state index in [0.29, 0.717) is 5.82 Å². The predicted octanol–water partition coefficient (Wildman–Crippen LogP) is 3.61. The lowest BCUT2D eigenvalue weighted by molar-refractivity contribution is 0.968. The molecule has 0 aliphatic rings. The topological polar surface area (TPSA) is 82.3 Å². The van der Waals surface area contributed by atoms with E-state index in [1.807, 2.05) is 37.5 Å². The molecule has 130 valence electrons. The van der Waals surface area contributed by atoms with E-state index in [0.717, 1.165) is 37.9 Å². The van der Waals surface area contributed by atoms with Crippen LogP contribution < -0.4 is 0 Å². The van der Waals surface area contributed by atoms with Crippen LogP contribution in [0.3, 0.4) is 0 Å². The molecule has 5 rings (SSSR count). The molecule has 0 fully saturated rings. The molecule has 27 heavy (non-hydrogen) atoms. The largest absolute Gasteiger partial charge is 0.350 e. The van der Waals surface area contributed by atoms with Crippen molar-refractivity contribution in [2.45, 2.75) is 0 Å². The Hall–Kier alpha value is -3.52. The standard InChI is InChI=1S/C19H13N7S/c1-26-9-5-13-15(26)10-14(23-16(13)17-21-7-3-8-22-17)19-25-24-18(27-19)12-4-2-6-20-11-12/h2-11H,1H3. The molecule has 0 spiro atoms. The van der Waals surface area contributed by atoms with E-state index in [4.69, 9.17) is 4.98 Å². The smallest absolute Gasteiger partial charge is 0.178 e. The molecule has 0 saturated carbocycles. The summed E-state index contributed by atoms with van der Waals surface area (Å²) in [6.45, 7) is 0. The highest BCUT2D eigenvalue weighted by Crippen LogP contribution is 2.33. The quantitative estimate of drug-likeness (QED) is 0.482. The summed E-state index contributed by atoms with van der Waals surface area (Å²) in [7, 11) is 2.00. The van der Waals surface area contributed by atoms with E-state index in [2.05, 4.69) is 29.7 Å². The van der Waals surface area contributed by atoms with Crippen molar-refractivity contribution in [1.82, 2.24) is 34.7 Å². The van der Waals surface area contributed by atoms with E-state index in [9.17, 15) is 0 Å². The lowest BCUT2D eigenvalue weighted by Crippen LogP contribution is -1.95. The van der Waals surface area contributed by atoms with E-state index < -0.39 is 0 Å². The molecule has 0 unspecified atom stereocenters. The van der Waals surface area contributed by atoms with Crippen molar-refractivity contribution in [2.24, 2.45) is 7.05 Å². The molecule has 0 aliphatic carbocycles. The first-order valence-corrected chi connectivity index (χ1v) is 9.09. The second-order valence-corrected chi connectivity index (χ2v) is 6.92. The van der Waals surface area contributed by atoms with Gasteiger partial charge in [-0.3, -0.25) is 4.98 Å². The molecule has 0 aromatic carbocycles. The van der Waals surface area contributed by atoms with E-state index in [1.165, 1.54) is 11.3 Å². The van der Waals surface area contributed by atoms with Gasteiger partial charge in [-0.05, 0) is 30.3 Å². The lowest BCUT2D eigenvalue weighted by Gasteiger charge is -2.05. The fourth-order valence-corrected chi connectivity index (χ4v) is 3.69. The van der Waals surface area contributed by atoms with Crippen LogP contribution in [0.1, 0.15) is 0 Å². The molecule has 0 atom stereocenters. The second kappa shape index (κ2) is 6.33. The number of nitrogens with zero attached hydrogens (tertiary/aromatic N) is 7. The second-order valence-electron chi connectivity index (χ2n) is 5.94. The van der Waals surface area contributed by atoms with E-state index >= 15 is 0 Å². The van der Waals surface area contributed by atoms with Crippen LogP contribution >= 0.6 is 11.3 Å². The van der Waals surface area contributed by atoms with Crippen LogP contribution in [0.2, 0.25) is 0 Å². The van der Waals surface area contributed by atoms with Crippen molar-refractivity contribution in [3.05, 3.63) is 61.3 Å². The molecule has 0 aliphatic heterocycles. The highest BCUT2D eigenvalue weighted by molar-refractivity contribution is 7.17. The van der Waals surface area contributed by atoms with Crippen LogP contribution in [-0.4, -0.2) is 34.7 Å². The number of rotatable bonds is 3. The van der Waals surface area contributed by atoms with Crippen molar-refractivity contribution in [2.75, 3.05) is 0 Å². The summed E-state index contributed by atoms with van der Waals surface area (Å²) in [4.78, 5) is 17.7. The number of pyridine rings is 2. The van der Waals surface area contributed by atoms with Gasteiger partial charge in [-0.25, -0.2) is 15.0 Å². The van der Waals surface area contributed by atoms with Gasteiger partial charge in [0.1, 0.15) is 16.4 Å². The summed E-state index contributed by atoms with van der Waals surface area (Å²) >= 11 is 1.49. The lowest BCUT2D eigenvalue weighted by atomic mass is 10.2. The summed E-state index contributed by atoms with van der Waals surface area (Å²) in [5, 5.41) is 11.2. The van der Waals surface area contributed by atoms with Crippen LogP contribution in [0.4, 0.5) is 0 Å². The van der Waals surface area contributed by atoms with Crippen molar-refractivity contribution in [3.63, 3.8) is 0 Å². The highest BCUT2D eigenvalue weighted by Gasteiger charge is 2.16. The molecule has 5 aromatic heterocycles. The maximum Gasteiger partial charge on any atom is 0.178 e. The molecular weight excluding hydrogens is 358 g/mol. The van der Waals surface area contributed by atoms with Crippen molar-refractivity contribution < 1.29 is 0 Å². The summed E-state index contributed by atoms with van der Waals surface area (Å²) in [5.41, 5.74) is 3.47. The third-order valence-corrected chi connectivity index (χ3v) is 5.21. The first-order valence-electron chi connectivity index (χ1n) is 8.27. The molecule has 0 saturated heterocycles. The Morgan fingerprint density at radius 3 is 2.63 bits per heavy atom. The van der Waals surface area contributed by atoms with Crippen LogP contribution in [-0.2, 0) is 7.05 Å². The average molecular weight is 371 g/mol. The Morgan fingerprint density at radius 2 is 1.81 bits per heavy atom. The minimum Gasteiger partial charge on any atom is -0.350 e. The summed E-state index contributed by atoms with van der Waals surface area (Å²) in [5.74, 6) is 0.590. The molecule has 8 heteroatoms. The van der Waals surface area contributed by atoms with Gasteiger partial charge in [0.25, 0.3) is 0 Å². The number of aryl methyl sites for hydroxylation is 1. The van der Waals surface area contributed by atoms with Gasteiger partial charge < -0.3 is 4.57 Å². The average Bonchev–Trinajstić information content (AvgIpc) is 3.36. The fourth-order valence-electron chi connectivity index (χ4n) is 2.90. The Kier molecular flexibility index (Phi) is 3.68. The molecule has 0 N–H and O–H groups in total. The Morgan fingerprint density at radius 1 is 0.963 bits per heavy atom. The molecule has 0 amide bonds. The first kappa shape index (κ1) is 15.7. The molecule has 7 nitrogen and oxygen atoms in total. The molecule has 5 aromatic rings. The van der Waals surface area contributed by atoms with Crippen molar-refractivity contribution >= 4 is 22.2 Å². The zero-order valence-electron chi connectivity index (χ0n) is 14.3. The third-order valence-electron chi connectivity index (χ3n) is 4.21.